The largest absolute Gasteiger partial charge is 0.507 e. The van der Waals surface area contributed by atoms with Crippen LogP contribution in [0.4, 0.5) is 0 Å². The van der Waals surface area contributed by atoms with E-state index in [1.165, 1.54) is 22.3 Å². The third-order valence-corrected chi connectivity index (χ3v) is 4.55. The van der Waals surface area contributed by atoms with Gasteiger partial charge in [-0.2, -0.15) is 0 Å². The zero-order valence-electron chi connectivity index (χ0n) is 16.3. The molecule has 1 N–H and O–H groups in total. The summed E-state index contributed by atoms with van der Waals surface area (Å²) in [7, 11) is 0. The lowest BCUT2D eigenvalue weighted by molar-refractivity contribution is 0.476. The van der Waals surface area contributed by atoms with Crippen LogP contribution in [0.5, 0.6) is 5.75 Å². The van der Waals surface area contributed by atoms with Gasteiger partial charge in [-0.25, -0.2) is 0 Å². The van der Waals surface area contributed by atoms with Gasteiger partial charge in [0.05, 0.1) is 0 Å². The summed E-state index contributed by atoms with van der Waals surface area (Å²) in [6, 6.07) is 12.6. The van der Waals surface area contributed by atoms with E-state index in [-0.39, 0.29) is 10.8 Å². The molecule has 0 fully saturated rings. The van der Waals surface area contributed by atoms with Crippen LogP contribution < -0.4 is 0 Å². The first-order valence-corrected chi connectivity index (χ1v) is 9.02. The number of aromatic hydroxyl groups is 1. The number of hydrogen-bond acceptors (Lipinski definition) is 1. The van der Waals surface area contributed by atoms with Crippen molar-refractivity contribution in [3.63, 3.8) is 0 Å². The third-order valence-electron chi connectivity index (χ3n) is 4.55. The minimum absolute atomic E-state index is 0.0177. The molecule has 0 unspecified atom stereocenters. The number of rotatable bonds is 3. The van der Waals surface area contributed by atoms with E-state index in [9.17, 15) is 5.11 Å². The Labute approximate surface area is 147 Å². The lowest BCUT2D eigenvalue weighted by Crippen LogP contribution is -2.19. The normalized spacial score (nSPS) is 12.5. The van der Waals surface area contributed by atoms with Crippen LogP contribution in [0.25, 0.3) is 11.1 Å². The predicted octanol–water partition coefficient (Wildman–Crippen LogP) is 6.61. The van der Waals surface area contributed by atoms with Crippen molar-refractivity contribution in [1.29, 1.82) is 0 Å². The SMILES string of the molecule is CCCc1ccc(O)c(-c2c(C(C)(C)C)cccc2C(C)(C)C)c1. The molecule has 0 heterocycles. The van der Waals surface area contributed by atoms with Gasteiger partial charge in [0, 0.05) is 5.56 Å². The Morgan fingerprint density at radius 3 is 1.83 bits per heavy atom. The summed E-state index contributed by atoms with van der Waals surface area (Å²) in [6.07, 6.45) is 2.15. The van der Waals surface area contributed by atoms with Crippen LogP contribution >= 0.6 is 0 Å². The van der Waals surface area contributed by atoms with Gasteiger partial charge in [-0.05, 0) is 51.6 Å². The Balaban J connectivity index is 2.84. The lowest BCUT2D eigenvalue weighted by Gasteiger charge is -2.30. The summed E-state index contributed by atoms with van der Waals surface area (Å²) in [6.45, 7) is 15.6. The molecule has 2 rings (SSSR count). The lowest BCUT2D eigenvalue weighted by atomic mass is 9.74. The molecule has 0 atom stereocenters. The van der Waals surface area contributed by atoms with Crippen LogP contribution in [0.2, 0.25) is 0 Å². The van der Waals surface area contributed by atoms with E-state index in [1.54, 1.807) is 0 Å². The van der Waals surface area contributed by atoms with Gasteiger partial charge in [0.25, 0.3) is 0 Å². The molecule has 0 saturated carbocycles. The maximum atomic E-state index is 10.6. The molecular formula is C23H32O. The molecule has 2 aromatic rings. The van der Waals surface area contributed by atoms with Crippen LogP contribution in [0.15, 0.2) is 36.4 Å². The van der Waals surface area contributed by atoms with E-state index in [0.717, 1.165) is 18.4 Å². The highest BCUT2D eigenvalue weighted by molar-refractivity contribution is 5.78. The van der Waals surface area contributed by atoms with E-state index >= 15 is 0 Å². The topological polar surface area (TPSA) is 20.2 Å². The van der Waals surface area contributed by atoms with Gasteiger partial charge in [-0.3, -0.25) is 0 Å². The Morgan fingerprint density at radius 2 is 1.38 bits per heavy atom. The molecule has 0 aliphatic carbocycles. The minimum atomic E-state index is 0.0177. The predicted molar refractivity (Wildman–Crippen MR) is 105 cm³/mol. The average molecular weight is 325 g/mol. The first-order chi connectivity index (χ1) is 11.1. The Hall–Kier alpha value is -1.76. The number of phenolic OH excluding ortho intramolecular Hbond substituents is 1. The Morgan fingerprint density at radius 1 is 0.833 bits per heavy atom. The molecule has 1 nitrogen and oxygen atoms in total. The highest BCUT2D eigenvalue weighted by atomic mass is 16.3. The first-order valence-electron chi connectivity index (χ1n) is 9.02. The second kappa shape index (κ2) is 6.63. The van der Waals surface area contributed by atoms with Crippen molar-refractivity contribution in [1.82, 2.24) is 0 Å². The van der Waals surface area contributed by atoms with Crippen LogP contribution in [0.3, 0.4) is 0 Å². The Kier molecular flexibility index (Phi) is 5.13. The number of benzene rings is 2. The van der Waals surface area contributed by atoms with Crippen molar-refractivity contribution in [2.75, 3.05) is 0 Å². The number of hydrogen-bond donors (Lipinski definition) is 1. The molecule has 1 heteroatoms. The van der Waals surface area contributed by atoms with Crippen molar-refractivity contribution in [2.45, 2.75) is 72.1 Å². The van der Waals surface area contributed by atoms with Crippen LogP contribution in [-0.2, 0) is 17.3 Å². The molecule has 24 heavy (non-hydrogen) atoms. The van der Waals surface area contributed by atoms with Gasteiger partial charge in [0.1, 0.15) is 5.75 Å². The molecular weight excluding hydrogens is 292 g/mol. The van der Waals surface area contributed by atoms with Crippen LogP contribution in [0, 0.1) is 0 Å². The summed E-state index contributed by atoms with van der Waals surface area (Å²) in [5, 5.41) is 10.6. The number of phenols is 1. The average Bonchev–Trinajstić information content (AvgIpc) is 2.47. The molecule has 0 aliphatic rings. The second-order valence-electron chi connectivity index (χ2n) is 8.83. The van der Waals surface area contributed by atoms with Crippen LogP contribution in [0.1, 0.15) is 71.6 Å². The summed E-state index contributed by atoms with van der Waals surface area (Å²) in [5.74, 6) is 0.372. The summed E-state index contributed by atoms with van der Waals surface area (Å²) in [4.78, 5) is 0. The van der Waals surface area contributed by atoms with Crippen molar-refractivity contribution >= 4 is 0 Å². The fraction of sp³-hybridized carbons (Fsp3) is 0.478. The fourth-order valence-electron chi connectivity index (χ4n) is 3.32. The third kappa shape index (κ3) is 3.83. The van der Waals surface area contributed by atoms with Gasteiger partial charge in [-0.1, -0.05) is 79.2 Å². The summed E-state index contributed by atoms with van der Waals surface area (Å²) >= 11 is 0. The maximum Gasteiger partial charge on any atom is 0.123 e. The quantitative estimate of drug-likeness (QED) is 0.673. The van der Waals surface area contributed by atoms with E-state index < -0.39 is 0 Å². The zero-order valence-corrected chi connectivity index (χ0v) is 16.3. The highest BCUT2D eigenvalue weighted by Gasteiger charge is 2.27. The highest BCUT2D eigenvalue weighted by Crippen LogP contribution is 2.43. The molecule has 0 aromatic heterocycles. The van der Waals surface area contributed by atoms with Gasteiger partial charge in [0.15, 0.2) is 0 Å². The molecule has 0 radical (unpaired) electrons. The first kappa shape index (κ1) is 18.6. The molecule has 2 aromatic carbocycles. The molecule has 0 spiro atoms. The van der Waals surface area contributed by atoms with E-state index in [4.69, 9.17) is 0 Å². The molecule has 130 valence electrons. The smallest absolute Gasteiger partial charge is 0.123 e. The summed E-state index contributed by atoms with van der Waals surface area (Å²) < 4.78 is 0. The van der Waals surface area contributed by atoms with Crippen molar-refractivity contribution in [3.8, 4) is 16.9 Å². The maximum absolute atomic E-state index is 10.6. The number of aryl methyl sites for hydroxylation is 1. The van der Waals surface area contributed by atoms with Gasteiger partial charge in [0.2, 0.25) is 0 Å². The molecule has 0 bridgehead atoms. The zero-order chi connectivity index (χ0) is 18.1. The second-order valence-corrected chi connectivity index (χ2v) is 8.83. The van der Waals surface area contributed by atoms with E-state index in [1.807, 2.05) is 12.1 Å². The van der Waals surface area contributed by atoms with Crippen molar-refractivity contribution < 1.29 is 5.11 Å². The fourth-order valence-corrected chi connectivity index (χ4v) is 3.32. The molecule has 0 aliphatic heterocycles. The van der Waals surface area contributed by atoms with Crippen molar-refractivity contribution in [3.05, 3.63) is 53.1 Å². The summed E-state index contributed by atoms with van der Waals surface area (Å²) in [5.41, 5.74) is 6.07. The van der Waals surface area contributed by atoms with Gasteiger partial charge >= 0.3 is 0 Å². The van der Waals surface area contributed by atoms with E-state index in [0.29, 0.717) is 5.75 Å². The molecule has 0 saturated heterocycles. The minimum Gasteiger partial charge on any atom is -0.507 e. The van der Waals surface area contributed by atoms with Gasteiger partial charge < -0.3 is 5.11 Å². The standard InChI is InChI=1S/C23H32O/c1-8-10-16-13-14-20(24)17(15-16)21-18(22(2,3)4)11-9-12-19(21)23(5,6)7/h9,11-15,24H,8,10H2,1-7H3. The monoisotopic (exact) mass is 324 g/mol. The van der Waals surface area contributed by atoms with E-state index in [2.05, 4.69) is 72.7 Å². The Bertz CT molecular complexity index is 680. The van der Waals surface area contributed by atoms with Crippen molar-refractivity contribution in [2.24, 2.45) is 0 Å². The van der Waals surface area contributed by atoms with Gasteiger partial charge in [-0.15, -0.1) is 0 Å². The molecule has 0 amide bonds. The van der Waals surface area contributed by atoms with Crippen LogP contribution in [-0.4, -0.2) is 5.11 Å².